The molecule has 1 aliphatic rings. The predicted molar refractivity (Wildman–Crippen MR) is 173 cm³/mol. The number of nitrogens with zero attached hydrogens (tertiary/aromatic N) is 1. The molecule has 1 unspecified atom stereocenters. The first-order valence-electron chi connectivity index (χ1n) is 14.3. The number of hydrogen-bond acceptors (Lipinski definition) is 0. The first-order valence-corrected chi connectivity index (χ1v) is 14.3. The highest BCUT2D eigenvalue weighted by Gasteiger charge is 2.25. The summed E-state index contributed by atoms with van der Waals surface area (Å²) in [6.07, 6.45) is 5.83. The molecule has 1 nitrogen and oxygen atoms in total. The molecule has 7 aromatic rings. The van der Waals surface area contributed by atoms with E-state index in [9.17, 15) is 0 Å². The lowest BCUT2D eigenvalue weighted by molar-refractivity contribution is 0.722. The van der Waals surface area contributed by atoms with E-state index in [1.807, 2.05) is 0 Å². The van der Waals surface area contributed by atoms with E-state index in [1.165, 1.54) is 82.4 Å². The molecule has 1 heteroatoms. The van der Waals surface area contributed by atoms with Crippen molar-refractivity contribution >= 4 is 49.4 Å². The Balaban J connectivity index is 1.64. The van der Waals surface area contributed by atoms with Gasteiger partial charge in [-0.05, 0) is 88.7 Å². The summed E-state index contributed by atoms with van der Waals surface area (Å²) in [7, 11) is 0. The lowest BCUT2D eigenvalue weighted by Crippen LogP contribution is -2.07. The van der Waals surface area contributed by atoms with Gasteiger partial charge >= 0.3 is 0 Å². The minimum absolute atomic E-state index is 0.500. The van der Waals surface area contributed by atoms with E-state index in [1.54, 1.807) is 0 Å². The highest BCUT2D eigenvalue weighted by atomic mass is 15.0. The number of allylic oxidation sites excluding steroid dienone is 1. The molecule has 0 saturated carbocycles. The lowest BCUT2D eigenvalue weighted by Gasteiger charge is -2.23. The van der Waals surface area contributed by atoms with Crippen LogP contribution in [0.4, 0.5) is 0 Å². The second kappa shape index (κ2) is 8.69. The molecule has 0 bridgehead atoms. The third-order valence-electron chi connectivity index (χ3n) is 8.85. The second-order valence-electron chi connectivity index (χ2n) is 11.6. The largest absolute Gasteiger partial charge is 0.309 e. The number of aryl methyl sites for hydroxylation is 2. The van der Waals surface area contributed by atoms with E-state index in [2.05, 4.69) is 141 Å². The van der Waals surface area contributed by atoms with Crippen molar-refractivity contribution in [3.63, 3.8) is 0 Å². The standard InChI is InChI=1S/C39H31N/c1-24-12-17-27(18-13-24)33-23-35-34-22-26(3)16-21-31(34)39-38(37(35)30-9-5-4-8-29(30)33)32-10-6-7-11-36(32)40(39)28-19-14-25(2)15-20-28/h4-21,23,26H,22H2,1-3H3. The normalized spacial score (nSPS) is 14.9. The van der Waals surface area contributed by atoms with Gasteiger partial charge in [0.15, 0.2) is 0 Å². The van der Waals surface area contributed by atoms with Crippen LogP contribution < -0.4 is 0 Å². The molecule has 40 heavy (non-hydrogen) atoms. The maximum atomic E-state index is 2.51. The van der Waals surface area contributed by atoms with Gasteiger partial charge in [0.2, 0.25) is 0 Å². The van der Waals surface area contributed by atoms with E-state index in [0.717, 1.165) is 6.42 Å². The van der Waals surface area contributed by atoms with Gasteiger partial charge in [0.1, 0.15) is 0 Å². The number of para-hydroxylation sites is 1. The molecule has 0 aliphatic heterocycles. The fourth-order valence-corrected chi connectivity index (χ4v) is 6.90. The first-order chi connectivity index (χ1) is 19.6. The van der Waals surface area contributed by atoms with Crippen LogP contribution >= 0.6 is 0 Å². The molecule has 0 N–H and O–H groups in total. The first kappa shape index (κ1) is 23.3. The topological polar surface area (TPSA) is 4.93 Å². The van der Waals surface area contributed by atoms with E-state index in [0.29, 0.717) is 5.92 Å². The molecule has 1 aliphatic carbocycles. The fourth-order valence-electron chi connectivity index (χ4n) is 6.90. The van der Waals surface area contributed by atoms with Gasteiger partial charge in [-0.25, -0.2) is 0 Å². The number of benzene rings is 6. The highest BCUT2D eigenvalue weighted by molar-refractivity contribution is 6.32. The van der Waals surface area contributed by atoms with Gasteiger partial charge in [0.25, 0.3) is 0 Å². The maximum absolute atomic E-state index is 2.51. The Morgan fingerprint density at radius 1 is 0.650 bits per heavy atom. The molecule has 6 aromatic carbocycles. The average molecular weight is 514 g/mol. The van der Waals surface area contributed by atoms with Crippen molar-refractivity contribution in [2.75, 3.05) is 0 Å². The number of hydrogen-bond donors (Lipinski definition) is 0. The summed E-state index contributed by atoms with van der Waals surface area (Å²) in [5.41, 5.74) is 11.8. The van der Waals surface area contributed by atoms with Crippen LogP contribution in [0.2, 0.25) is 0 Å². The molecule has 8 rings (SSSR count). The molecule has 0 saturated heterocycles. The molecule has 1 atom stereocenters. The quantitative estimate of drug-likeness (QED) is 0.203. The number of rotatable bonds is 2. The zero-order valence-electron chi connectivity index (χ0n) is 23.2. The van der Waals surface area contributed by atoms with Crippen LogP contribution in [0.1, 0.15) is 29.2 Å². The smallest absolute Gasteiger partial charge is 0.0622 e. The molecule has 0 fully saturated rings. The van der Waals surface area contributed by atoms with Gasteiger partial charge in [-0.2, -0.15) is 0 Å². The van der Waals surface area contributed by atoms with Crippen LogP contribution in [0, 0.1) is 19.8 Å². The van der Waals surface area contributed by atoms with Crippen molar-refractivity contribution < 1.29 is 0 Å². The lowest BCUT2D eigenvalue weighted by atomic mass is 9.82. The Morgan fingerprint density at radius 3 is 2.05 bits per heavy atom. The molecule has 192 valence electrons. The average Bonchev–Trinajstić information content (AvgIpc) is 3.32. The molecule has 0 amide bonds. The van der Waals surface area contributed by atoms with Crippen molar-refractivity contribution in [2.24, 2.45) is 5.92 Å². The Bertz CT molecular complexity index is 2140. The summed E-state index contributed by atoms with van der Waals surface area (Å²) < 4.78 is 2.51. The highest BCUT2D eigenvalue weighted by Crippen LogP contribution is 2.47. The van der Waals surface area contributed by atoms with Crippen molar-refractivity contribution in [3.8, 4) is 16.8 Å². The Morgan fingerprint density at radius 2 is 1.30 bits per heavy atom. The molecule has 0 spiro atoms. The predicted octanol–water partition coefficient (Wildman–Crippen LogP) is 10.6. The van der Waals surface area contributed by atoms with Gasteiger partial charge < -0.3 is 4.57 Å². The minimum Gasteiger partial charge on any atom is -0.309 e. The summed E-state index contributed by atoms with van der Waals surface area (Å²) in [5.74, 6) is 0.500. The van der Waals surface area contributed by atoms with Crippen LogP contribution in [-0.2, 0) is 6.42 Å². The van der Waals surface area contributed by atoms with E-state index < -0.39 is 0 Å². The zero-order chi connectivity index (χ0) is 27.0. The van der Waals surface area contributed by atoms with Crippen LogP contribution in [0.15, 0.2) is 109 Å². The van der Waals surface area contributed by atoms with Crippen molar-refractivity contribution in [2.45, 2.75) is 27.2 Å². The Kier molecular flexibility index (Phi) is 5.06. The summed E-state index contributed by atoms with van der Waals surface area (Å²) in [4.78, 5) is 0. The molecular weight excluding hydrogens is 482 g/mol. The molecule has 0 radical (unpaired) electrons. The van der Waals surface area contributed by atoms with Crippen LogP contribution in [0.5, 0.6) is 0 Å². The second-order valence-corrected chi connectivity index (χ2v) is 11.6. The van der Waals surface area contributed by atoms with E-state index in [4.69, 9.17) is 0 Å². The molecule has 1 heterocycles. The third-order valence-corrected chi connectivity index (χ3v) is 8.85. The van der Waals surface area contributed by atoms with Crippen molar-refractivity contribution in [3.05, 3.63) is 131 Å². The number of aromatic nitrogens is 1. The zero-order valence-corrected chi connectivity index (χ0v) is 23.2. The summed E-state index contributed by atoms with van der Waals surface area (Å²) >= 11 is 0. The molecular formula is C39H31N. The SMILES string of the molecule is Cc1ccc(-c2cc3c4c(c5c(c6ccccc6n5-c5ccc(C)cc5)c3c3ccccc23)C=CC(C)C4)cc1. The maximum Gasteiger partial charge on any atom is 0.0622 e. The summed E-state index contributed by atoms with van der Waals surface area (Å²) in [6.45, 7) is 6.66. The molecule has 1 aromatic heterocycles. The Hall–Kier alpha value is -4.62. The summed E-state index contributed by atoms with van der Waals surface area (Å²) in [6, 6.07) is 38.5. The van der Waals surface area contributed by atoms with Crippen molar-refractivity contribution in [1.82, 2.24) is 4.57 Å². The third kappa shape index (κ3) is 3.34. The van der Waals surface area contributed by atoms with Gasteiger partial charge in [-0.1, -0.05) is 109 Å². The Labute approximate surface area is 235 Å². The van der Waals surface area contributed by atoms with Gasteiger partial charge in [0.05, 0.1) is 11.0 Å². The van der Waals surface area contributed by atoms with E-state index in [-0.39, 0.29) is 0 Å². The van der Waals surface area contributed by atoms with Crippen LogP contribution in [-0.4, -0.2) is 4.57 Å². The summed E-state index contributed by atoms with van der Waals surface area (Å²) in [5, 5.41) is 8.08. The number of fused-ring (bicyclic) bond motifs is 10. The van der Waals surface area contributed by atoms with E-state index >= 15 is 0 Å². The minimum atomic E-state index is 0.500. The van der Waals surface area contributed by atoms with Gasteiger partial charge in [-0.15, -0.1) is 0 Å². The van der Waals surface area contributed by atoms with Crippen LogP contribution in [0.3, 0.4) is 0 Å². The van der Waals surface area contributed by atoms with Crippen LogP contribution in [0.25, 0.3) is 66.2 Å². The van der Waals surface area contributed by atoms with Crippen molar-refractivity contribution in [1.29, 1.82) is 0 Å². The monoisotopic (exact) mass is 513 g/mol. The fraction of sp³-hybridized carbons (Fsp3) is 0.128. The van der Waals surface area contributed by atoms with Gasteiger partial charge in [-0.3, -0.25) is 0 Å². The van der Waals surface area contributed by atoms with Gasteiger partial charge in [0, 0.05) is 22.0 Å².